The molecule has 0 rings (SSSR count). The molecule has 1 unspecified atom stereocenters. The molecular weight excluding hydrogens is 1020 g/mol. The molecular formula is C77H128O6. The van der Waals surface area contributed by atoms with E-state index >= 15 is 0 Å². The highest BCUT2D eigenvalue weighted by Gasteiger charge is 2.19. The summed E-state index contributed by atoms with van der Waals surface area (Å²) in [5, 5.41) is 0. The van der Waals surface area contributed by atoms with Gasteiger partial charge >= 0.3 is 17.9 Å². The Kier molecular flexibility index (Phi) is 66.3. The van der Waals surface area contributed by atoms with Crippen LogP contribution in [0.2, 0.25) is 0 Å². The first-order valence-electron chi connectivity index (χ1n) is 34.7. The molecule has 0 radical (unpaired) electrons. The lowest BCUT2D eigenvalue weighted by molar-refractivity contribution is -0.167. The van der Waals surface area contributed by atoms with E-state index in [0.29, 0.717) is 19.3 Å². The molecule has 0 aromatic heterocycles. The van der Waals surface area contributed by atoms with Crippen molar-refractivity contribution in [1.82, 2.24) is 0 Å². The lowest BCUT2D eigenvalue weighted by Crippen LogP contribution is -2.30. The zero-order valence-corrected chi connectivity index (χ0v) is 54.2. The number of esters is 3. The molecule has 6 nitrogen and oxygen atoms in total. The molecule has 0 saturated carbocycles. The molecule has 0 saturated heterocycles. The first kappa shape index (κ1) is 78.5. The fourth-order valence-corrected chi connectivity index (χ4v) is 9.49. The van der Waals surface area contributed by atoms with Crippen LogP contribution in [0.4, 0.5) is 0 Å². The summed E-state index contributed by atoms with van der Waals surface area (Å²) in [5.74, 6) is -0.923. The van der Waals surface area contributed by atoms with Gasteiger partial charge < -0.3 is 14.2 Å². The second-order valence-corrected chi connectivity index (χ2v) is 22.7. The van der Waals surface area contributed by atoms with Crippen molar-refractivity contribution in [3.8, 4) is 0 Å². The Morgan fingerprint density at radius 1 is 0.253 bits per heavy atom. The van der Waals surface area contributed by atoms with Gasteiger partial charge in [-0.1, -0.05) is 296 Å². The third-order valence-electron chi connectivity index (χ3n) is 14.6. The predicted octanol–water partition coefficient (Wildman–Crippen LogP) is 24.1. The Morgan fingerprint density at radius 2 is 0.470 bits per heavy atom. The van der Waals surface area contributed by atoms with Crippen molar-refractivity contribution >= 4 is 17.9 Å². The third-order valence-corrected chi connectivity index (χ3v) is 14.6. The number of unbranched alkanes of at least 4 members (excludes halogenated alkanes) is 29. The number of allylic oxidation sites excluding steroid dienone is 22. The Balaban J connectivity index is 4.42. The summed E-state index contributed by atoms with van der Waals surface area (Å²) < 4.78 is 17.0. The van der Waals surface area contributed by atoms with Gasteiger partial charge in [0.25, 0.3) is 0 Å². The molecule has 472 valence electrons. The molecule has 1 atom stereocenters. The minimum Gasteiger partial charge on any atom is -0.462 e. The maximum absolute atomic E-state index is 13.0. The minimum atomic E-state index is -0.802. The zero-order chi connectivity index (χ0) is 59.9. The minimum absolute atomic E-state index is 0.0937. The molecule has 0 N–H and O–H groups in total. The molecule has 0 bridgehead atoms. The quantitative estimate of drug-likeness (QED) is 0.0261. The van der Waals surface area contributed by atoms with Crippen LogP contribution in [0, 0.1) is 0 Å². The van der Waals surface area contributed by atoms with E-state index in [0.717, 1.165) is 148 Å². The van der Waals surface area contributed by atoms with Crippen LogP contribution in [0.25, 0.3) is 0 Å². The molecule has 83 heavy (non-hydrogen) atoms. The van der Waals surface area contributed by atoms with E-state index in [-0.39, 0.29) is 31.1 Å². The number of carbonyl (C=O) groups excluding carboxylic acids is 3. The smallest absolute Gasteiger partial charge is 0.306 e. The van der Waals surface area contributed by atoms with E-state index in [1.165, 1.54) is 128 Å². The molecule has 0 aromatic rings. The van der Waals surface area contributed by atoms with Gasteiger partial charge in [0.2, 0.25) is 0 Å². The molecule has 0 aliphatic rings. The van der Waals surface area contributed by atoms with Crippen molar-refractivity contribution in [2.45, 2.75) is 322 Å². The first-order valence-corrected chi connectivity index (χ1v) is 34.7. The van der Waals surface area contributed by atoms with E-state index in [4.69, 9.17) is 14.2 Å². The van der Waals surface area contributed by atoms with E-state index in [2.05, 4.69) is 154 Å². The lowest BCUT2D eigenvalue weighted by Gasteiger charge is -2.18. The number of hydrogen-bond donors (Lipinski definition) is 0. The van der Waals surface area contributed by atoms with Gasteiger partial charge in [0.15, 0.2) is 6.10 Å². The molecule has 0 aliphatic heterocycles. The predicted molar refractivity (Wildman–Crippen MR) is 362 cm³/mol. The van der Waals surface area contributed by atoms with Crippen LogP contribution in [0.5, 0.6) is 0 Å². The maximum Gasteiger partial charge on any atom is 0.306 e. The summed E-state index contributed by atoms with van der Waals surface area (Å²) >= 11 is 0. The monoisotopic (exact) mass is 1150 g/mol. The van der Waals surface area contributed by atoms with E-state index in [1.807, 2.05) is 0 Å². The SMILES string of the molecule is CC/C=C\C/C=C\C/C=C\C/C=C\C/C=C\CCCCCCCCCC(=O)OC(COC(=O)CCCCCC/C=C\C/C=C\C/C=C\C/C=C\CC)COC(=O)CCCCCCCCCCCCCCC/C=C\C/C=C\CCCCCCC. The van der Waals surface area contributed by atoms with Gasteiger partial charge in [-0.25, -0.2) is 0 Å². The zero-order valence-electron chi connectivity index (χ0n) is 54.2. The van der Waals surface area contributed by atoms with Crippen LogP contribution in [-0.2, 0) is 28.6 Å². The topological polar surface area (TPSA) is 78.9 Å². The van der Waals surface area contributed by atoms with Crippen molar-refractivity contribution in [1.29, 1.82) is 0 Å². The van der Waals surface area contributed by atoms with Crippen molar-refractivity contribution in [2.75, 3.05) is 13.2 Å². The van der Waals surface area contributed by atoms with Gasteiger partial charge in [-0.3, -0.25) is 14.4 Å². The van der Waals surface area contributed by atoms with Crippen LogP contribution in [-0.4, -0.2) is 37.2 Å². The van der Waals surface area contributed by atoms with Gasteiger partial charge in [-0.05, 0) is 135 Å². The second kappa shape index (κ2) is 70.0. The van der Waals surface area contributed by atoms with Crippen molar-refractivity contribution in [2.24, 2.45) is 0 Å². The highest BCUT2D eigenvalue weighted by Crippen LogP contribution is 2.16. The van der Waals surface area contributed by atoms with Crippen LogP contribution < -0.4 is 0 Å². The van der Waals surface area contributed by atoms with Gasteiger partial charge in [0.1, 0.15) is 13.2 Å². The molecule has 0 aliphatic carbocycles. The lowest BCUT2D eigenvalue weighted by atomic mass is 10.0. The molecule has 6 heteroatoms. The highest BCUT2D eigenvalue weighted by molar-refractivity contribution is 5.71. The van der Waals surface area contributed by atoms with E-state index in [1.54, 1.807) is 0 Å². The Labute approximate surface area is 513 Å². The second-order valence-electron chi connectivity index (χ2n) is 22.7. The fraction of sp³-hybridized carbons (Fsp3) is 0.675. The van der Waals surface area contributed by atoms with Gasteiger partial charge in [-0.2, -0.15) is 0 Å². The molecule has 0 fully saturated rings. The summed E-state index contributed by atoms with van der Waals surface area (Å²) in [6, 6.07) is 0. The van der Waals surface area contributed by atoms with Crippen molar-refractivity contribution in [3.05, 3.63) is 134 Å². The number of ether oxygens (including phenoxy) is 3. The standard InChI is InChI=1S/C77H128O6/c1-4-7-10-13-16-19-22-25-28-31-33-35-37-38-40-41-43-46-49-52-55-58-61-64-67-70-76(79)82-73-74(72-81-75(78)69-66-63-60-57-54-51-48-45-30-27-24-21-18-15-12-9-6-3)83-77(80)71-68-65-62-59-56-53-50-47-44-42-39-36-34-32-29-26-23-20-17-14-11-8-5-2/h8-9,11-12,17-18,20-22,25-27,29-31,33-34,36,42,44,48,51,74H,4-7,10,13-16,19,23-24,28,32,35,37-41,43,45-47,49-50,52-73H2,1-3H3/b11-8-,12-9-,20-17-,21-18-,25-22-,29-26-,30-27-,33-31-,36-34-,44-42-,51-48-. The van der Waals surface area contributed by atoms with Gasteiger partial charge in [0.05, 0.1) is 0 Å². The summed E-state index contributed by atoms with van der Waals surface area (Å²) in [5.41, 5.74) is 0. The van der Waals surface area contributed by atoms with E-state index in [9.17, 15) is 14.4 Å². The van der Waals surface area contributed by atoms with Gasteiger partial charge in [0, 0.05) is 19.3 Å². The number of hydrogen-bond acceptors (Lipinski definition) is 6. The fourth-order valence-electron chi connectivity index (χ4n) is 9.49. The maximum atomic E-state index is 13.0. The highest BCUT2D eigenvalue weighted by atomic mass is 16.6. The molecule has 0 aromatic carbocycles. The first-order chi connectivity index (χ1) is 41.0. The summed E-state index contributed by atoms with van der Waals surface area (Å²) in [7, 11) is 0. The largest absolute Gasteiger partial charge is 0.462 e. The van der Waals surface area contributed by atoms with Crippen LogP contribution in [0.3, 0.4) is 0 Å². The average Bonchev–Trinajstić information content (AvgIpc) is 3.49. The Morgan fingerprint density at radius 3 is 0.735 bits per heavy atom. The number of carbonyl (C=O) groups is 3. The van der Waals surface area contributed by atoms with Crippen LogP contribution in [0.15, 0.2) is 134 Å². The third kappa shape index (κ3) is 68.2. The summed E-state index contributed by atoms with van der Waals surface area (Å²) in [6.45, 7) is 6.40. The van der Waals surface area contributed by atoms with Crippen molar-refractivity contribution in [3.63, 3.8) is 0 Å². The molecule has 0 heterocycles. The Hall–Kier alpha value is -4.45. The van der Waals surface area contributed by atoms with Gasteiger partial charge in [-0.15, -0.1) is 0 Å². The Bertz CT molecular complexity index is 1750. The average molecular weight is 1150 g/mol. The summed E-state index contributed by atoms with van der Waals surface area (Å²) in [6.07, 6.45) is 98.9. The normalized spacial score (nSPS) is 13.0. The van der Waals surface area contributed by atoms with E-state index < -0.39 is 6.10 Å². The molecule has 0 spiro atoms. The van der Waals surface area contributed by atoms with Crippen LogP contribution in [0.1, 0.15) is 316 Å². The van der Waals surface area contributed by atoms with Crippen LogP contribution >= 0.6 is 0 Å². The number of rotatable bonds is 62. The summed E-state index contributed by atoms with van der Waals surface area (Å²) in [4.78, 5) is 38.5. The molecule has 0 amide bonds. The van der Waals surface area contributed by atoms with Crippen molar-refractivity contribution < 1.29 is 28.6 Å².